The van der Waals surface area contributed by atoms with Gasteiger partial charge in [0.1, 0.15) is 5.52 Å². The van der Waals surface area contributed by atoms with Crippen LogP contribution in [-0.2, 0) is 18.4 Å². The molecule has 1 saturated heterocycles. The van der Waals surface area contributed by atoms with E-state index < -0.39 is 0 Å². The Balaban J connectivity index is 1.37. The molecule has 1 aliphatic heterocycles. The molecule has 4 rings (SSSR count). The largest absolute Gasteiger partial charge is 0.355 e. The number of nitrogens with zero attached hydrogens (tertiary/aromatic N) is 4. The van der Waals surface area contributed by atoms with Crippen molar-refractivity contribution in [3.63, 3.8) is 0 Å². The molecule has 2 aromatic heterocycles. The third-order valence-corrected chi connectivity index (χ3v) is 6.10. The highest BCUT2D eigenvalue weighted by molar-refractivity contribution is 6.07. The second-order valence-corrected chi connectivity index (χ2v) is 8.21. The molecule has 0 bridgehead atoms. The van der Waals surface area contributed by atoms with Crippen LogP contribution in [0.5, 0.6) is 0 Å². The Kier molecular flexibility index (Phi) is 6.47. The molecular formula is C23H31N5O2. The number of fused-ring (bicyclic) bond motifs is 3. The van der Waals surface area contributed by atoms with Gasteiger partial charge in [-0.1, -0.05) is 31.0 Å². The monoisotopic (exact) mass is 409 g/mol. The molecule has 1 amide bonds. The summed E-state index contributed by atoms with van der Waals surface area (Å²) in [6, 6.07) is 7.99. The van der Waals surface area contributed by atoms with Crippen LogP contribution < -0.4 is 10.9 Å². The fourth-order valence-corrected chi connectivity index (χ4v) is 4.47. The van der Waals surface area contributed by atoms with Gasteiger partial charge in [-0.3, -0.25) is 9.59 Å². The van der Waals surface area contributed by atoms with Gasteiger partial charge in [0.05, 0.1) is 6.20 Å². The summed E-state index contributed by atoms with van der Waals surface area (Å²) in [5.74, 6) is 0.0835. The first-order chi connectivity index (χ1) is 14.6. The first-order valence-corrected chi connectivity index (χ1v) is 11.1. The van der Waals surface area contributed by atoms with E-state index in [-0.39, 0.29) is 11.5 Å². The maximum atomic E-state index is 12.7. The van der Waals surface area contributed by atoms with E-state index in [0.717, 1.165) is 35.9 Å². The number of rotatable bonds is 7. The minimum Gasteiger partial charge on any atom is -0.355 e. The van der Waals surface area contributed by atoms with Crippen LogP contribution >= 0.6 is 0 Å². The van der Waals surface area contributed by atoms with Crippen LogP contribution in [0.25, 0.3) is 21.8 Å². The van der Waals surface area contributed by atoms with Gasteiger partial charge < -0.3 is 14.8 Å². The molecule has 1 aromatic carbocycles. The van der Waals surface area contributed by atoms with Crippen molar-refractivity contribution in [3.8, 4) is 0 Å². The number of amides is 1. The average molecular weight is 410 g/mol. The van der Waals surface area contributed by atoms with E-state index in [1.165, 1.54) is 30.4 Å². The Labute approximate surface area is 176 Å². The smallest absolute Gasteiger partial charge is 0.291 e. The SMILES string of the molecule is Cn1ncc2c3ccccc3n(CCCC(=O)NCCN3CCCCCC3)c2c1=O. The Morgan fingerprint density at radius 3 is 2.63 bits per heavy atom. The number of aryl methyl sites for hydroxylation is 2. The number of aromatic nitrogens is 3. The van der Waals surface area contributed by atoms with Crippen molar-refractivity contribution in [2.24, 2.45) is 7.05 Å². The van der Waals surface area contributed by atoms with Crippen LogP contribution in [0.15, 0.2) is 35.3 Å². The zero-order valence-electron chi connectivity index (χ0n) is 17.8. The molecule has 0 spiro atoms. The van der Waals surface area contributed by atoms with Crippen molar-refractivity contribution in [2.45, 2.75) is 45.1 Å². The van der Waals surface area contributed by atoms with E-state index in [0.29, 0.717) is 31.4 Å². The molecule has 3 aromatic rings. The molecule has 0 saturated carbocycles. The highest BCUT2D eigenvalue weighted by Gasteiger charge is 2.15. The molecular weight excluding hydrogens is 378 g/mol. The highest BCUT2D eigenvalue weighted by atomic mass is 16.1. The lowest BCUT2D eigenvalue weighted by Crippen LogP contribution is -2.35. The molecule has 1 aliphatic rings. The van der Waals surface area contributed by atoms with Crippen molar-refractivity contribution in [1.82, 2.24) is 24.6 Å². The number of nitrogens with one attached hydrogen (secondary N) is 1. The first-order valence-electron chi connectivity index (χ1n) is 11.1. The van der Waals surface area contributed by atoms with Gasteiger partial charge in [-0.25, -0.2) is 4.68 Å². The molecule has 3 heterocycles. The number of benzene rings is 1. The van der Waals surface area contributed by atoms with Crippen molar-refractivity contribution in [3.05, 3.63) is 40.8 Å². The number of hydrogen-bond donors (Lipinski definition) is 1. The third kappa shape index (κ3) is 4.41. The number of hydrogen-bond acceptors (Lipinski definition) is 4. The fourth-order valence-electron chi connectivity index (χ4n) is 4.47. The van der Waals surface area contributed by atoms with E-state index in [4.69, 9.17) is 0 Å². The van der Waals surface area contributed by atoms with Crippen molar-refractivity contribution in [1.29, 1.82) is 0 Å². The van der Waals surface area contributed by atoms with E-state index in [1.807, 2.05) is 28.8 Å². The zero-order valence-corrected chi connectivity index (χ0v) is 17.8. The molecule has 160 valence electrons. The number of carbonyl (C=O) groups excluding carboxylic acids is 1. The van der Waals surface area contributed by atoms with Crippen molar-refractivity contribution in [2.75, 3.05) is 26.2 Å². The first kappa shape index (κ1) is 20.6. The number of para-hydroxylation sites is 1. The average Bonchev–Trinajstić information content (AvgIpc) is 2.89. The normalized spacial score (nSPS) is 15.5. The summed E-state index contributed by atoms with van der Waals surface area (Å²) in [6.07, 6.45) is 8.08. The number of carbonyl (C=O) groups is 1. The van der Waals surface area contributed by atoms with Crippen LogP contribution in [0.2, 0.25) is 0 Å². The lowest BCUT2D eigenvalue weighted by atomic mass is 10.2. The van der Waals surface area contributed by atoms with Gasteiger partial charge in [0, 0.05) is 49.4 Å². The van der Waals surface area contributed by atoms with E-state index in [9.17, 15) is 9.59 Å². The summed E-state index contributed by atoms with van der Waals surface area (Å²) in [7, 11) is 1.67. The lowest BCUT2D eigenvalue weighted by Gasteiger charge is -2.19. The second kappa shape index (κ2) is 9.43. The molecule has 7 nitrogen and oxygen atoms in total. The zero-order chi connectivity index (χ0) is 20.9. The van der Waals surface area contributed by atoms with Crippen molar-refractivity contribution < 1.29 is 4.79 Å². The molecule has 1 fully saturated rings. The summed E-state index contributed by atoms with van der Waals surface area (Å²) in [5, 5.41) is 9.14. The van der Waals surface area contributed by atoms with E-state index >= 15 is 0 Å². The Morgan fingerprint density at radius 2 is 1.83 bits per heavy atom. The summed E-state index contributed by atoms with van der Waals surface area (Å²) in [4.78, 5) is 27.5. The summed E-state index contributed by atoms with van der Waals surface area (Å²) in [6.45, 7) is 4.56. The second-order valence-electron chi connectivity index (χ2n) is 8.21. The van der Waals surface area contributed by atoms with Gasteiger partial charge in [-0.15, -0.1) is 0 Å². The maximum Gasteiger partial charge on any atom is 0.291 e. The lowest BCUT2D eigenvalue weighted by molar-refractivity contribution is -0.121. The van der Waals surface area contributed by atoms with Gasteiger partial charge >= 0.3 is 0 Å². The highest BCUT2D eigenvalue weighted by Crippen LogP contribution is 2.26. The van der Waals surface area contributed by atoms with Crippen LogP contribution in [0.1, 0.15) is 38.5 Å². The van der Waals surface area contributed by atoms with E-state index in [2.05, 4.69) is 15.3 Å². The van der Waals surface area contributed by atoms with Gasteiger partial charge in [0.25, 0.3) is 5.56 Å². The van der Waals surface area contributed by atoms with Crippen LogP contribution in [0, 0.1) is 0 Å². The Morgan fingerprint density at radius 1 is 1.07 bits per heavy atom. The van der Waals surface area contributed by atoms with Gasteiger partial charge in [0.15, 0.2) is 0 Å². The van der Waals surface area contributed by atoms with Crippen LogP contribution in [0.4, 0.5) is 0 Å². The summed E-state index contributed by atoms with van der Waals surface area (Å²) >= 11 is 0. The van der Waals surface area contributed by atoms with Gasteiger partial charge in [0.2, 0.25) is 5.91 Å². The maximum absolute atomic E-state index is 12.7. The van der Waals surface area contributed by atoms with Crippen molar-refractivity contribution >= 4 is 27.7 Å². The molecule has 0 aliphatic carbocycles. The molecule has 30 heavy (non-hydrogen) atoms. The Hall–Kier alpha value is -2.67. The molecule has 7 heteroatoms. The van der Waals surface area contributed by atoms with Gasteiger partial charge in [-0.2, -0.15) is 5.10 Å². The van der Waals surface area contributed by atoms with Crippen LogP contribution in [-0.4, -0.2) is 51.3 Å². The minimum absolute atomic E-state index is 0.0835. The molecule has 1 N–H and O–H groups in total. The van der Waals surface area contributed by atoms with E-state index in [1.54, 1.807) is 13.2 Å². The standard InChI is InChI=1S/C23H31N5O2/c1-26-23(30)22-19(17-25-26)18-9-4-5-10-20(18)28(22)15-8-11-21(29)24-12-16-27-13-6-2-3-7-14-27/h4-5,9-10,17H,2-3,6-8,11-16H2,1H3,(H,24,29). The fraction of sp³-hybridized carbons (Fsp3) is 0.522. The summed E-state index contributed by atoms with van der Waals surface area (Å²) < 4.78 is 3.41. The topological polar surface area (TPSA) is 72.2 Å². The molecule has 0 unspecified atom stereocenters. The quantitative estimate of drug-likeness (QED) is 0.651. The third-order valence-electron chi connectivity index (χ3n) is 6.10. The molecule has 0 radical (unpaired) electrons. The summed E-state index contributed by atoms with van der Waals surface area (Å²) in [5.41, 5.74) is 1.57. The van der Waals surface area contributed by atoms with Crippen LogP contribution in [0.3, 0.4) is 0 Å². The number of likely N-dealkylation sites (tertiary alicyclic amines) is 1. The predicted octanol–water partition coefficient (Wildman–Crippen LogP) is 2.66. The van der Waals surface area contributed by atoms with Gasteiger partial charge in [-0.05, 0) is 38.4 Å². The predicted molar refractivity (Wildman–Crippen MR) is 120 cm³/mol. The minimum atomic E-state index is -0.106. The Bertz CT molecular complexity index is 1080. The molecule has 0 atom stereocenters.